The van der Waals surface area contributed by atoms with E-state index in [0.717, 1.165) is 0 Å². The second-order valence-corrected chi connectivity index (χ2v) is 4.01. The minimum Gasteiger partial charge on any atom is -0.474 e. The maximum absolute atomic E-state index is 8.63. The Labute approximate surface area is 103 Å². The average molecular weight is 265 g/mol. The van der Waals surface area contributed by atoms with E-state index in [1.807, 2.05) is 6.07 Å². The molecule has 1 aromatic rings. The zero-order valence-corrected chi connectivity index (χ0v) is 10.2. The molecule has 0 aliphatic heterocycles. The summed E-state index contributed by atoms with van der Waals surface area (Å²) in [4.78, 5) is 0. The number of halogens is 3. The Morgan fingerprint density at radius 3 is 2.67 bits per heavy atom. The van der Waals surface area contributed by atoms with Crippen LogP contribution in [0.15, 0.2) is 12.1 Å². The first-order valence-corrected chi connectivity index (χ1v) is 5.47. The van der Waals surface area contributed by atoms with Gasteiger partial charge < -0.3 is 4.74 Å². The van der Waals surface area contributed by atoms with E-state index in [4.69, 9.17) is 44.8 Å². The fourth-order valence-electron chi connectivity index (χ4n) is 1.05. The highest BCUT2D eigenvalue weighted by atomic mass is 35.5. The first-order valence-electron chi connectivity index (χ1n) is 4.18. The summed E-state index contributed by atoms with van der Waals surface area (Å²) >= 11 is 17.5. The number of benzene rings is 1. The smallest absolute Gasteiger partial charge is 0.181 e. The molecule has 0 spiro atoms. The summed E-state index contributed by atoms with van der Waals surface area (Å²) < 4.78 is 5.34. The molecule has 1 atom stereocenters. The van der Waals surface area contributed by atoms with Crippen LogP contribution in [-0.4, -0.2) is 6.10 Å². The normalized spacial score (nSPS) is 11.9. The minimum atomic E-state index is -0.578. The third-order valence-electron chi connectivity index (χ3n) is 1.71. The van der Waals surface area contributed by atoms with Crippen LogP contribution in [0, 0.1) is 11.3 Å². The van der Waals surface area contributed by atoms with Gasteiger partial charge in [0.15, 0.2) is 6.10 Å². The molecule has 0 aromatic heterocycles. The Balaban J connectivity index is 3.10. The van der Waals surface area contributed by atoms with Gasteiger partial charge in [0.2, 0.25) is 0 Å². The lowest BCUT2D eigenvalue weighted by atomic mass is 10.2. The van der Waals surface area contributed by atoms with Gasteiger partial charge in [-0.15, -0.1) is 11.6 Å². The summed E-state index contributed by atoms with van der Waals surface area (Å²) in [5.41, 5.74) is 0.677. The number of hydrogen-bond donors (Lipinski definition) is 0. The van der Waals surface area contributed by atoms with Crippen molar-refractivity contribution in [1.29, 1.82) is 5.26 Å². The minimum absolute atomic E-state index is 0.230. The third-order valence-corrected chi connectivity index (χ3v) is 2.49. The number of alkyl halides is 1. The molecule has 0 heterocycles. The summed E-state index contributed by atoms with van der Waals surface area (Å²) in [6, 6.07) is 5.17. The second-order valence-electron chi connectivity index (χ2n) is 2.90. The quantitative estimate of drug-likeness (QED) is 0.772. The molecule has 0 N–H and O–H groups in total. The fraction of sp³-hybridized carbons (Fsp3) is 0.300. The van der Waals surface area contributed by atoms with Crippen LogP contribution in [0.2, 0.25) is 10.0 Å². The van der Waals surface area contributed by atoms with E-state index < -0.39 is 6.10 Å². The predicted molar refractivity (Wildman–Crippen MR) is 61.7 cm³/mol. The Hall–Kier alpha value is -0.620. The zero-order chi connectivity index (χ0) is 11.4. The van der Waals surface area contributed by atoms with Crippen LogP contribution >= 0.6 is 34.8 Å². The van der Waals surface area contributed by atoms with Crippen molar-refractivity contribution >= 4 is 34.8 Å². The topological polar surface area (TPSA) is 33.0 Å². The van der Waals surface area contributed by atoms with Crippen molar-refractivity contribution in [3.8, 4) is 11.8 Å². The van der Waals surface area contributed by atoms with Crippen molar-refractivity contribution in [2.45, 2.75) is 18.9 Å². The van der Waals surface area contributed by atoms with E-state index in [2.05, 4.69) is 0 Å². The van der Waals surface area contributed by atoms with Crippen molar-refractivity contribution in [3.05, 3.63) is 27.7 Å². The predicted octanol–water partition coefficient (Wildman–Crippen LogP) is 4.02. The van der Waals surface area contributed by atoms with E-state index in [-0.39, 0.29) is 5.88 Å². The molecule has 1 rings (SSSR count). The molecule has 0 radical (unpaired) electrons. The number of rotatable bonds is 3. The highest BCUT2D eigenvalue weighted by Crippen LogP contribution is 2.33. The van der Waals surface area contributed by atoms with Crippen LogP contribution in [0.4, 0.5) is 0 Å². The van der Waals surface area contributed by atoms with Gasteiger partial charge >= 0.3 is 0 Å². The van der Waals surface area contributed by atoms with Crippen LogP contribution in [0.5, 0.6) is 5.75 Å². The van der Waals surface area contributed by atoms with Gasteiger partial charge in [0.25, 0.3) is 0 Å². The van der Waals surface area contributed by atoms with Gasteiger partial charge in [-0.3, -0.25) is 0 Å². The Bertz CT molecular complexity index is 400. The molecule has 15 heavy (non-hydrogen) atoms. The molecule has 1 aromatic carbocycles. The molecule has 1 unspecified atom stereocenters. The number of nitriles is 1. The van der Waals surface area contributed by atoms with Gasteiger partial charge in [-0.25, -0.2) is 0 Å². The molecule has 0 saturated carbocycles. The van der Waals surface area contributed by atoms with Crippen molar-refractivity contribution in [3.63, 3.8) is 0 Å². The molecular weight excluding hydrogens is 256 g/mol. The summed E-state index contributed by atoms with van der Waals surface area (Å²) in [5.74, 6) is 0.651. The van der Waals surface area contributed by atoms with E-state index in [1.54, 1.807) is 19.1 Å². The summed E-state index contributed by atoms with van der Waals surface area (Å²) in [6.07, 6.45) is -0.578. The van der Waals surface area contributed by atoms with E-state index in [1.165, 1.54) is 0 Å². The third kappa shape index (κ3) is 3.17. The standard InChI is InChI=1S/C10H8Cl3NO/c1-6(5-14)15-10-7(4-11)2-8(12)3-9(10)13/h2-3,6H,4H2,1H3. The zero-order valence-electron chi connectivity index (χ0n) is 7.93. The first kappa shape index (κ1) is 12.4. The Morgan fingerprint density at radius 1 is 1.47 bits per heavy atom. The van der Waals surface area contributed by atoms with Crippen LogP contribution in [0.25, 0.3) is 0 Å². The Morgan fingerprint density at radius 2 is 2.13 bits per heavy atom. The molecule has 0 bridgehead atoms. The van der Waals surface area contributed by atoms with E-state index >= 15 is 0 Å². The van der Waals surface area contributed by atoms with Gasteiger partial charge in [-0.05, 0) is 19.1 Å². The molecule has 0 saturated heterocycles. The molecule has 5 heteroatoms. The van der Waals surface area contributed by atoms with Gasteiger partial charge in [-0.2, -0.15) is 5.26 Å². The molecule has 0 aliphatic carbocycles. The molecule has 80 valence electrons. The van der Waals surface area contributed by atoms with Crippen LogP contribution in [0.1, 0.15) is 12.5 Å². The number of ether oxygens (including phenoxy) is 1. The first-order chi connectivity index (χ1) is 7.08. The molecule has 0 aliphatic rings. The lowest BCUT2D eigenvalue weighted by Gasteiger charge is -2.13. The van der Waals surface area contributed by atoms with Crippen molar-refractivity contribution in [1.82, 2.24) is 0 Å². The highest BCUT2D eigenvalue weighted by molar-refractivity contribution is 6.36. The van der Waals surface area contributed by atoms with Crippen LogP contribution < -0.4 is 4.74 Å². The van der Waals surface area contributed by atoms with Gasteiger partial charge in [0.1, 0.15) is 11.8 Å². The summed E-state index contributed by atoms with van der Waals surface area (Å²) in [7, 11) is 0. The summed E-state index contributed by atoms with van der Waals surface area (Å²) in [5, 5.41) is 9.48. The monoisotopic (exact) mass is 263 g/mol. The second kappa shape index (κ2) is 5.46. The van der Waals surface area contributed by atoms with Gasteiger partial charge in [0, 0.05) is 10.6 Å². The lowest BCUT2D eigenvalue weighted by Crippen LogP contribution is -2.09. The van der Waals surface area contributed by atoms with Gasteiger partial charge in [0.05, 0.1) is 10.9 Å². The van der Waals surface area contributed by atoms with Crippen LogP contribution in [-0.2, 0) is 5.88 Å². The van der Waals surface area contributed by atoms with E-state index in [9.17, 15) is 0 Å². The average Bonchev–Trinajstić information content (AvgIpc) is 2.21. The number of hydrogen-bond acceptors (Lipinski definition) is 2. The van der Waals surface area contributed by atoms with Crippen molar-refractivity contribution in [2.75, 3.05) is 0 Å². The largest absolute Gasteiger partial charge is 0.474 e. The van der Waals surface area contributed by atoms with Crippen LogP contribution in [0.3, 0.4) is 0 Å². The highest BCUT2D eigenvalue weighted by Gasteiger charge is 2.12. The SMILES string of the molecule is CC(C#N)Oc1c(Cl)cc(Cl)cc1CCl. The lowest BCUT2D eigenvalue weighted by molar-refractivity contribution is 0.274. The Kier molecular flexibility index (Phi) is 4.53. The number of nitrogens with zero attached hydrogens (tertiary/aromatic N) is 1. The molecular formula is C10H8Cl3NO. The molecule has 2 nitrogen and oxygen atoms in total. The van der Waals surface area contributed by atoms with Gasteiger partial charge in [-0.1, -0.05) is 23.2 Å². The maximum atomic E-state index is 8.63. The maximum Gasteiger partial charge on any atom is 0.181 e. The van der Waals surface area contributed by atoms with Crippen molar-refractivity contribution in [2.24, 2.45) is 0 Å². The molecule has 0 fully saturated rings. The molecule has 0 amide bonds. The van der Waals surface area contributed by atoms with Crippen molar-refractivity contribution < 1.29 is 4.74 Å². The summed E-state index contributed by atoms with van der Waals surface area (Å²) in [6.45, 7) is 1.63. The fourth-order valence-corrected chi connectivity index (χ4v) is 1.83. The van der Waals surface area contributed by atoms with E-state index in [0.29, 0.717) is 21.4 Å².